The lowest BCUT2D eigenvalue weighted by Crippen LogP contribution is -2.35. The Bertz CT molecular complexity index is 1040. The van der Waals surface area contributed by atoms with Crippen LogP contribution in [0, 0.1) is 5.82 Å². The van der Waals surface area contributed by atoms with Crippen molar-refractivity contribution in [2.45, 2.75) is 12.8 Å². The van der Waals surface area contributed by atoms with Crippen LogP contribution in [0.1, 0.15) is 21.7 Å². The molecule has 5 nitrogen and oxygen atoms in total. The molecule has 1 N–H and O–H groups in total. The Morgan fingerprint density at radius 1 is 1.14 bits per heavy atom. The predicted octanol–water partition coefficient (Wildman–Crippen LogP) is 4.50. The maximum atomic E-state index is 13.6. The van der Waals surface area contributed by atoms with Gasteiger partial charge in [-0.2, -0.15) is 0 Å². The number of amides is 2. The average molecular weight is 410 g/mol. The van der Waals surface area contributed by atoms with Crippen LogP contribution in [0.25, 0.3) is 0 Å². The molecule has 0 unspecified atom stereocenters. The standard InChI is InChI=1S/C22H19FN2O3S/c23-17-6-1-2-7-19(17)28-14-21(26)24-16-9-10-18-15(13-16)5-3-11-25(18)22(27)20-8-4-12-29-20/h1-2,4,6-10,12-13H,3,5,11,14H2,(H,24,26). The summed E-state index contributed by atoms with van der Waals surface area (Å²) in [6.45, 7) is 0.382. The zero-order valence-corrected chi connectivity index (χ0v) is 16.4. The van der Waals surface area contributed by atoms with Gasteiger partial charge in [-0.3, -0.25) is 9.59 Å². The minimum absolute atomic E-state index is 0.00368. The molecule has 7 heteroatoms. The predicted molar refractivity (Wildman–Crippen MR) is 111 cm³/mol. The van der Waals surface area contributed by atoms with Gasteiger partial charge in [-0.05, 0) is 60.2 Å². The number of benzene rings is 2. The smallest absolute Gasteiger partial charge is 0.268 e. The molecule has 0 radical (unpaired) electrons. The fourth-order valence-electron chi connectivity index (χ4n) is 3.32. The van der Waals surface area contributed by atoms with Crippen LogP contribution in [-0.2, 0) is 11.2 Å². The number of thiophene rings is 1. The summed E-state index contributed by atoms with van der Waals surface area (Å²) in [6.07, 6.45) is 1.69. The van der Waals surface area contributed by atoms with Crippen molar-refractivity contribution in [1.29, 1.82) is 0 Å². The summed E-state index contributed by atoms with van der Waals surface area (Å²) in [5, 5.41) is 4.65. The molecule has 2 amide bonds. The van der Waals surface area contributed by atoms with E-state index in [1.807, 2.05) is 29.6 Å². The van der Waals surface area contributed by atoms with Gasteiger partial charge in [-0.1, -0.05) is 18.2 Å². The molecule has 0 bridgehead atoms. The number of nitrogens with zero attached hydrogens (tertiary/aromatic N) is 1. The van der Waals surface area contributed by atoms with Crippen molar-refractivity contribution < 1.29 is 18.7 Å². The molecule has 0 atom stereocenters. The first-order chi connectivity index (χ1) is 14.1. The zero-order chi connectivity index (χ0) is 20.2. The number of rotatable bonds is 5. The van der Waals surface area contributed by atoms with E-state index in [0.717, 1.165) is 24.1 Å². The lowest BCUT2D eigenvalue weighted by Gasteiger charge is -2.29. The number of nitrogens with one attached hydrogen (secondary N) is 1. The Hall–Kier alpha value is -3.19. The molecule has 1 aromatic heterocycles. The molecule has 1 aliphatic rings. The van der Waals surface area contributed by atoms with Crippen molar-refractivity contribution in [1.82, 2.24) is 0 Å². The van der Waals surface area contributed by atoms with Crippen LogP contribution in [0.3, 0.4) is 0 Å². The van der Waals surface area contributed by atoms with E-state index in [0.29, 0.717) is 17.1 Å². The Morgan fingerprint density at radius 3 is 2.79 bits per heavy atom. The van der Waals surface area contributed by atoms with Crippen LogP contribution in [0.4, 0.5) is 15.8 Å². The van der Waals surface area contributed by atoms with E-state index >= 15 is 0 Å². The van der Waals surface area contributed by atoms with Gasteiger partial charge in [0.1, 0.15) is 0 Å². The molecular formula is C22H19FN2O3S. The fourth-order valence-corrected chi connectivity index (χ4v) is 3.99. The van der Waals surface area contributed by atoms with Gasteiger partial charge in [0.05, 0.1) is 4.88 Å². The van der Waals surface area contributed by atoms with Crippen LogP contribution in [0.5, 0.6) is 5.75 Å². The Kier molecular flexibility index (Phi) is 5.57. The molecular weight excluding hydrogens is 391 g/mol. The van der Waals surface area contributed by atoms with E-state index in [1.54, 1.807) is 23.1 Å². The Balaban J connectivity index is 1.43. The largest absolute Gasteiger partial charge is 0.481 e. The Morgan fingerprint density at radius 2 is 2.00 bits per heavy atom. The lowest BCUT2D eigenvalue weighted by atomic mass is 10.0. The second-order valence-electron chi connectivity index (χ2n) is 6.65. The minimum Gasteiger partial charge on any atom is -0.481 e. The lowest BCUT2D eigenvalue weighted by molar-refractivity contribution is -0.118. The highest BCUT2D eigenvalue weighted by Crippen LogP contribution is 2.31. The van der Waals surface area contributed by atoms with Crippen LogP contribution in [0.2, 0.25) is 0 Å². The van der Waals surface area contributed by atoms with Crippen molar-refractivity contribution in [3.63, 3.8) is 0 Å². The monoisotopic (exact) mass is 410 g/mol. The van der Waals surface area contributed by atoms with Crippen LogP contribution in [0.15, 0.2) is 60.0 Å². The molecule has 0 spiro atoms. The summed E-state index contributed by atoms with van der Waals surface area (Å²) in [4.78, 5) is 27.4. The van der Waals surface area contributed by atoms with Gasteiger partial charge in [0.25, 0.3) is 11.8 Å². The topological polar surface area (TPSA) is 58.6 Å². The van der Waals surface area contributed by atoms with Crippen LogP contribution >= 0.6 is 11.3 Å². The normalized spacial score (nSPS) is 12.9. The number of ether oxygens (including phenoxy) is 1. The third-order valence-corrected chi connectivity index (χ3v) is 5.51. The number of carbonyl (C=O) groups is 2. The summed E-state index contributed by atoms with van der Waals surface area (Å²) in [5.74, 6) is -0.855. The average Bonchev–Trinajstić information content (AvgIpc) is 3.27. The zero-order valence-electron chi connectivity index (χ0n) is 15.6. The van der Waals surface area contributed by atoms with Gasteiger partial charge in [-0.15, -0.1) is 11.3 Å². The van der Waals surface area contributed by atoms with Gasteiger partial charge < -0.3 is 15.0 Å². The fraction of sp³-hybridized carbons (Fsp3) is 0.182. The summed E-state index contributed by atoms with van der Waals surface area (Å²) in [6, 6.07) is 15.1. The summed E-state index contributed by atoms with van der Waals surface area (Å²) < 4.78 is 18.8. The molecule has 148 valence electrons. The number of halogens is 1. The molecule has 4 rings (SSSR count). The first kappa shape index (κ1) is 19.1. The van der Waals surface area contributed by atoms with Crippen molar-refractivity contribution in [2.75, 3.05) is 23.4 Å². The van der Waals surface area contributed by atoms with E-state index < -0.39 is 5.82 Å². The second kappa shape index (κ2) is 8.45. The first-order valence-corrected chi connectivity index (χ1v) is 10.2. The highest BCUT2D eigenvalue weighted by atomic mass is 32.1. The number of hydrogen-bond donors (Lipinski definition) is 1. The van der Waals surface area contributed by atoms with Gasteiger partial charge in [-0.25, -0.2) is 4.39 Å². The number of carbonyl (C=O) groups excluding carboxylic acids is 2. The molecule has 2 aromatic carbocycles. The summed E-state index contributed by atoms with van der Waals surface area (Å²) >= 11 is 1.43. The van der Waals surface area contributed by atoms with E-state index in [-0.39, 0.29) is 24.2 Å². The van der Waals surface area contributed by atoms with Crippen molar-refractivity contribution in [2.24, 2.45) is 0 Å². The summed E-state index contributed by atoms with van der Waals surface area (Å²) in [5.41, 5.74) is 2.50. The van der Waals surface area contributed by atoms with E-state index in [2.05, 4.69) is 5.32 Å². The van der Waals surface area contributed by atoms with Crippen LogP contribution in [-0.4, -0.2) is 25.0 Å². The van der Waals surface area contributed by atoms with E-state index in [1.165, 1.54) is 23.5 Å². The number of hydrogen-bond acceptors (Lipinski definition) is 4. The van der Waals surface area contributed by atoms with Gasteiger partial charge >= 0.3 is 0 Å². The van der Waals surface area contributed by atoms with Gasteiger partial charge in [0.2, 0.25) is 0 Å². The Labute approximate surface area is 171 Å². The number of aryl methyl sites for hydroxylation is 1. The highest BCUT2D eigenvalue weighted by molar-refractivity contribution is 7.12. The third kappa shape index (κ3) is 4.30. The van der Waals surface area contributed by atoms with Crippen LogP contribution < -0.4 is 15.0 Å². The molecule has 3 aromatic rings. The number of para-hydroxylation sites is 1. The molecule has 0 aliphatic carbocycles. The number of fused-ring (bicyclic) bond motifs is 1. The minimum atomic E-state index is -0.510. The second-order valence-corrected chi connectivity index (χ2v) is 7.60. The molecule has 0 saturated carbocycles. The maximum Gasteiger partial charge on any atom is 0.268 e. The van der Waals surface area contributed by atoms with Gasteiger partial charge in [0, 0.05) is 17.9 Å². The molecule has 0 saturated heterocycles. The molecule has 1 aliphatic heterocycles. The summed E-state index contributed by atoms with van der Waals surface area (Å²) in [7, 11) is 0. The maximum absolute atomic E-state index is 13.6. The van der Waals surface area contributed by atoms with E-state index in [4.69, 9.17) is 4.74 Å². The third-order valence-electron chi connectivity index (χ3n) is 4.65. The van der Waals surface area contributed by atoms with E-state index in [9.17, 15) is 14.0 Å². The van der Waals surface area contributed by atoms with Gasteiger partial charge in [0.15, 0.2) is 18.2 Å². The molecule has 0 fully saturated rings. The number of anilines is 2. The quantitative estimate of drug-likeness (QED) is 0.674. The SMILES string of the molecule is O=C(COc1ccccc1F)Nc1ccc2c(c1)CCCN2C(=O)c1cccs1. The highest BCUT2D eigenvalue weighted by Gasteiger charge is 2.24. The first-order valence-electron chi connectivity index (χ1n) is 9.27. The van der Waals surface area contributed by atoms with Crippen molar-refractivity contribution >= 4 is 34.5 Å². The molecule has 2 heterocycles. The van der Waals surface area contributed by atoms with Crippen molar-refractivity contribution in [3.05, 3.63) is 76.2 Å². The molecule has 29 heavy (non-hydrogen) atoms. The van der Waals surface area contributed by atoms with Crippen molar-refractivity contribution in [3.8, 4) is 5.75 Å².